The zero-order chi connectivity index (χ0) is 27.5. The van der Waals surface area contributed by atoms with E-state index in [9.17, 15) is 23.1 Å². The van der Waals surface area contributed by atoms with Gasteiger partial charge in [-0.25, -0.2) is 13.6 Å². The van der Waals surface area contributed by atoms with Gasteiger partial charge in [0.2, 0.25) is 0 Å². The summed E-state index contributed by atoms with van der Waals surface area (Å²) in [5.41, 5.74) is 9.51. The molecule has 0 aromatic heterocycles. The summed E-state index contributed by atoms with van der Waals surface area (Å²) in [7, 11) is 0. The molecule has 0 unspecified atom stereocenters. The third kappa shape index (κ3) is 5.86. The topological polar surface area (TPSA) is 40.5 Å². The van der Waals surface area contributed by atoms with E-state index < -0.39 is 12.4 Å². The molecule has 3 aromatic rings. The molecule has 1 heterocycles. The largest absolute Gasteiger partial charge is 0.478 e. The van der Waals surface area contributed by atoms with E-state index in [0.717, 1.165) is 83.4 Å². The molecule has 0 spiro atoms. The van der Waals surface area contributed by atoms with E-state index in [4.69, 9.17) is 0 Å². The van der Waals surface area contributed by atoms with Gasteiger partial charge in [0.25, 0.3) is 6.43 Å². The fourth-order valence-electron chi connectivity index (χ4n) is 5.72. The van der Waals surface area contributed by atoms with Crippen LogP contribution in [-0.2, 0) is 6.42 Å². The fourth-order valence-corrected chi connectivity index (χ4v) is 5.72. The molecular formula is C33H32F3NO2. The molecular weight excluding hydrogens is 499 g/mol. The average Bonchev–Trinajstić information content (AvgIpc) is 3.09. The van der Waals surface area contributed by atoms with Gasteiger partial charge in [0.05, 0.1) is 12.2 Å². The van der Waals surface area contributed by atoms with E-state index >= 15 is 0 Å². The van der Waals surface area contributed by atoms with Crippen LogP contribution < -0.4 is 0 Å². The van der Waals surface area contributed by atoms with Crippen LogP contribution in [0.25, 0.3) is 17.2 Å². The third-order valence-electron chi connectivity index (χ3n) is 7.66. The highest BCUT2D eigenvalue weighted by Gasteiger charge is 2.23. The Morgan fingerprint density at radius 2 is 1.74 bits per heavy atom. The van der Waals surface area contributed by atoms with Crippen LogP contribution in [-0.4, -0.2) is 42.3 Å². The van der Waals surface area contributed by atoms with E-state index in [1.807, 2.05) is 13.0 Å². The standard InChI is InChI=1S/C33H32F3NO2/c1-21-16-26(32(35)36)10-12-28(21)30-5-2-4-25-18-27(33(38)39)11-13-29(25)31(30)24-8-6-22(7-9-24)17-23-19-37(20-23)15-3-14-34/h6-13,16-18,32H,2-5,14-15,19-20H2,1H3,(H,38,39). The Morgan fingerprint density at radius 3 is 2.41 bits per heavy atom. The predicted molar refractivity (Wildman–Crippen MR) is 150 cm³/mol. The lowest BCUT2D eigenvalue weighted by atomic mass is 9.85. The van der Waals surface area contributed by atoms with Crippen molar-refractivity contribution in [1.29, 1.82) is 0 Å². The molecule has 0 atom stereocenters. The molecule has 0 amide bonds. The molecule has 39 heavy (non-hydrogen) atoms. The number of carboxylic acid groups (broad SMARTS) is 1. The summed E-state index contributed by atoms with van der Waals surface area (Å²) in [5.74, 6) is -0.956. The van der Waals surface area contributed by atoms with Gasteiger partial charge in [0, 0.05) is 25.2 Å². The first-order chi connectivity index (χ1) is 18.8. The van der Waals surface area contributed by atoms with Gasteiger partial charge in [-0.3, -0.25) is 9.29 Å². The Morgan fingerprint density at radius 1 is 1.00 bits per heavy atom. The van der Waals surface area contributed by atoms with Crippen molar-refractivity contribution in [2.24, 2.45) is 0 Å². The summed E-state index contributed by atoms with van der Waals surface area (Å²) in [6.45, 7) is 4.10. The molecule has 1 fully saturated rings. The smallest absolute Gasteiger partial charge is 0.335 e. The number of allylic oxidation sites excluding steroid dienone is 1. The van der Waals surface area contributed by atoms with Crippen molar-refractivity contribution in [3.63, 3.8) is 0 Å². The molecule has 202 valence electrons. The number of hydrogen-bond donors (Lipinski definition) is 1. The van der Waals surface area contributed by atoms with Crippen LogP contribution in [0.15, 0.2) is 66.2 Å². The Bertz CT molecular complexity index is 1430. The molecule has 3 nitrogen and oxygen atoms in total. The number of aromatic carboxylic acids is 1. The normalized spacial score (nSPS) is 15.7. The van der Waals surface area contributed by atoms with Gasteiger partial charge >= 0.3 is 5.97 Å². The first-order valence-corrected chi connectivity index (χ1v) is 13.4. The molecule has 2 aliphatic rings. The van der Waals surface area contributed by atoms with E-state index in [-0.39, 0.29) is 17.8 Å². The highest BCUT2D eigenvalue weighted by molar-refractivity contribution is 6.01. The highest BCUT2D eigenvalue weighted by atomic mass is 19.3. The van der Waals surface area contributed by atoms with Crippen molar-refractivity contribution in [1.82, 2.24) is 4.90 Å². The summed E-state index contributed by atoms with van der Waals surface area (Å²) in [4.78, 5) is 13.9. The second-order valence-electron chi connectivity index (χ2n) is 10.4. The maximum absolute atomic E-state index is 13.4. The quantitative estimate of drug-likeness (QED) is 0.320. The number of aryl methyl sites for hydroxylation is 2. The molecule has 0 radical (unpaired) electrons. The van der Waals surface area contributed by atoms with E-state index in [0.29, 0.717) is 6.42 Å². The SMILES string of the molecule is Cc1cc(C(F)F)ccc1C1=C(c2ccc(C=C3CN(CCCF)C3)cc2)c2ccc(C(=O)O)cc2CCC1. The lowest BCUT2D eigenvalue weighted by Gasteiger charge is -2.33. The zero-order valence-corrected chi connectivity index (χ0v) is 22.0. The lowest BCUT2D eigenvalue weighted by Crippen LogP contribution is -2.40. The summed E-state index contributed by atoms with van der Waals surface area (Å²) < 4.78 is 39.2. The van der Waals surface area contributed by atoms with Gasteiger partial charge in [-0.05, 0) is 101 Å². The first-order valence-electron chi connectivity index (χ1n) is 13.4. The van der Waals surface area contributed by atoms with Gasteiger partial charge in [-0.15, -0.1) is 0 Å². The molecule has 0 saturated carbocycles. The maximum Gasteiger partial charge on any atom is 0.335 e. The minimum absolute atomic E-state index is 0.00941. The lowest BCUT2D eigenvalue weighted by molar-refractivity contribution is 0.0696. The monoisotopic (exact) mass is 531 g/mol. The van der Waals surface area contributed by atoms with E-state index in [1.165, 1.54) is 11.6 Å². The van der Waals surface area contributed by atoms with Gasteiger partial charge in [0.15, 0.2) is 0 Å². The Kier molecular flexibility index (Phi) is 8.03. The van der Waals surface area contributed by atoms with Gasteiger partial charge < -0.3 is 5.11 Å². The van der Waals surface area contributed by atoms with Crippen molar-refractivity contribution < 1.29 is 23.1 Å². The van der Waals surface area contributed by atoms with Crippen molar-refractivity contribution in [2.45, 2.75) is 39.0 Å². The molecule has 5 rings (SSSR count). The van der Waals surface area contributed by atoms with Crippen LogP contribution in [0.4, 0.5) is 13.2 Å². The van der Waals surface area contributed by atoms with Crippen LogP contribution in [0, 0.1) is 6.92 Å². The number of hydrogen-bond acceptors (Lipinski definition) is 2. The van der Waals surface area contributed by atoms with Crippen LogP contribution in [0.5, 0.6) is 0 Å². The van der Waals surface area contributed by atoms with Crippen LogP contribution in [0.2, 0.25) is 0 Å². The van der Waals surface area contributed by atoms with E-state index in [1.54, 1.807) is 24.3 Å². The van der Waals surface area contributed by atoms with Crippen molar-refractivity contribution >= 4 is 23.2 Å². The maximum atomic E-state index is 13.4. The number of carbonyl (C=O) groups is 1. The summed E-state index contributed by atoms with van der Waals surface area (Å²) in [6, 6.07) is 18.5. The highest BCUT2D eigenvalue weighted by Crippen LogP contribution is 2.41. The number of nitrogens with zero attached hydrogens (tertiary/aromatic N) is 1. The molecule has 6 heteroatoms. The fraction of sp³-hybridized carbons (Fsp3) is 0.303. The third-order valence-corrected chi connectivity index (χ3v) is 7.66. The van der Waals surface area contributed by atoms with Gasteiger partial charge in [-0.1, -0.05) is 48.5 Å². The minimum Gasteiger partial charge on any atom is -0.478 e. The predicted octanol–water partition coefficient (Wildman–Crippen LogP) is 7.98. The Balaban J connectivity index is 1.56. The number of carboxylic acids is 1. The van der Waals surface area contributed by atoms with Crippen molar-refractivity contribution in [3.8, 4) is 0 Å². The Labute approximate surface area is 227 Å². The van der Waals surface area contributed by atoms with Crippen molar-refractivity contribution in [2.75, 3.05) is 26.3 Å². The van der Waals surface area contributed by atoms with Crippen LogP contribution in [0.3, 0.4) is 0 Å². The van der Waals surface area contributed by atoms with Crippen molar-refractivity contribution in [3.05, 3.63) is 111 Å². The first kappa shape index (κ1) is 26.9. The molecule has 1 N–H and O–H groups in total. The minimum atomic E-state index is -2.52. The Hall–Kier alpha value is -3.64. The number of benzene rings is 3. The molecule has 1 aliphatic heterocycles. The van der Waals surface area contributed by atoms with Crippen LogP contribution >= 0.6 is 0 Å². The number of likely N-dealkylation sites (tertiary alicyclic amines) is 1. The summed E-state index contributed by atoms with van der Waals surface area (Å²) >= 11 is 0. The zero-order valence-electron chi connectivity index (χ0n) is 22.0. The number of fused-ring (bicyclic) bond motifs is 1. The van der Waals surface area contributed by atoms with Gasteiger partial charge in [-0.2, -0.15) is 0 Å². The number of halogens is 3. The molecule has 1 saturated heterocycles. The van der Waals surface area contributed by atoms with E-state index in [2.05, 4.69) is 35.2 Å². The second-order valence-corrected chi connectivity index (χ2v) is 10.4. The summed E-state index contributed by atoms with van der Waals surface area (Å²) in [5, 5.41) is 9.56. The molecule has 0 bridgehead atoms. The number of rotatable bonds is 8. The second kappa shape index (κ2) is 11.6. The summed E-state index contributed by atoms with van der Waals surface area (Å²) in [6.07, 6.45) is 2.54. The average molecular weight is 532 g/mol. The van der Waals surface area contributed by atoms with Gasteiger partial charge in [0.1, 0.15) is 0 Å². The number of alkyl halides is 3. The molecule has 3 aromatic carbocycles. The van der Waals surface area contributed by atoms with Crippen LogP contribution in [0.1, 0.15) is 75.0 Å². The molecule has 1 aliphatic carbocycles.